The molecule has 1 saturated heterocycles. The molecule has 1 heterocycles. The molecule has 0 aromatic heterocycles. The van der Waals surface area contributed by atoms with Gasteiger partial charge in [-0.3, -0.25) is 9.59 Å². The molecule has 0 bridgehead atoms. The van der Waals surface area contributed by atoms with Gasteiger partial charge >= 0.3 is 0 Å². The molecule has 2 unspecified atom stereocenters. The van der Waals surface area contributed by atoms with Gasteiger partial charge in [0.1, 0.15) is 6.04 Å². The van der Waals surface area contributed by atoms with Gasteiger partial charge < -0.3 is 10.2 Å². The van der Waals surface area contributed by atoms with E-state index >= 15 is 0 Å². The number of nitrogens with zero attached hydrogens (tertiary/aromatic N) is 1. The van der Waals surface area contributed by atoms with Gasteiger partial charge in [0.15, 0.2) is 0 Å². The van der Waals surface area contributed by atoms with E-state index in [1.807, 2.05) is 4.90 Å². The van der Waals surface area contributed by atoms with Crippen molar-refractivity contribution in [1.29, 1.82) is 0 Å². The van der Waals surface area contributed by atoms with Crippen LogP contribution in [-0.2, 0) is 9.59 Å². The monoisotopic (exact) mass is 338 g/mol. The van der Waals surface area contributed by atoms with Crippen LogP contribution < -0.4 is 5.32 Å². The summed E-state index contributed by atoms with van der Waals surface area (Å²) >= 11 is 1.80. The number of rotatable bonds is 5. The standard InChI is InChI=1S/C18H30N2O2S/c1-12(2)10-16-20(18(22)13-8-9-13)15(11-23-16)17(21)19-14-6-4-3-5-7-14/h12-16H,3-11H2,1-2H3,(H,19,21). The van der Waals surface area contributed by atoms with E-state index in [9.17, 15) is 9.59 Å². The van der Waals surface area contributed by atoms with Crippen molar-refractivity contribution in [2.75, 3.05) is 5.75 Å². The molecule has 1 N–H and O–H groups in total. The average molecular weight is 339 g/mol. The maximum atomic E-state index is 12.8. The zero-order valence-corrected chi connectivity index (χ0v) is 15.2. The lowest BCUT2D eigenvalue weighted by atomic mass is 9.95. The van der Waals surface area contributed by atoms with Crippen LogP contribution in [-0.4, -0.2) is 39.9 Å². The summed E-state index contributed by atoms with van der Waals surface area (Å²) in [6.45, 7) is 4.38. The molecule has 0 aromatic rings. The Morgan fingerprint density at radius 1 is 1.13 bits per heavy atom. The number of carbonyl (C=O) groups is 2. The van der Waals surface area contributed by atoms with E-state index in [0.29, 0.717) is 12.0 Å². The van der Waals surface area contributed by atoms with Crippen molar-refractivity contribution in [2.45, 2.75) is 82.7 Å². The van der Waals surface area contributed by atoms with Crippen molar-refractivity contribution in [3.63, 3.8) is 0 Å². The van der Waals surface area contributed by atoms with Gasteiger partial charge in [0.05, 0.1) is 5.37 Å². The number of thioether (sulfide) groups is 1. The van der Waals surface area contributed by atoms with Crippen LogP contribution in [0.15, 0.2) is 0 Å². The van der Waals surface area contributed by atoms with E-state index in [1.165, 1.54) is 19.3 Å². The van der Waals surface area contributed by atoms with Gasteiger partial charge in [0.2, 0.25) is 11.8 Å². The second-order valence-corrected chi connectivity index (χ2v) is 9.01. The van der Waals surface area contributed by atoms with Gasteiger partial charge in [-0.15, -0.1) is 11.8 Å². The Hall–Kier alpha value is -0.710. The third kappa shape index (κ3) is 4.23. The number of carbonyl (C=O) groups excluding carboxylic acids is 2. The molecule has 1 aliphatic heterocycles. The summed E-state index contributed by atoms with van der Waals surface area (Å²) in [6.07, 6.45) is 8.90. The van der Waals surface area contributed by atoms with E-state index in [4.69, 9.17) is 0 Å². The van der Waals surface area contributed by atoms with Crippen LogP contribution in [0.3, 0.4) is 0 Å². The molecule has 3 aliphatic rings. The largest absolute Gasteiger partial charge is 0.352 e. The van der Waals surface area contributed by atoms with E-state index in [1.54, 1.807) is 11.8 Å². The zero-order valence-electron chi connectivity index (χ0n) is 14.4. The fraction of sp³-hybridized carbons (Fsp3) is 0.889. The van der Waals surface area contributed by atoms with Crippen LogP contribution in [0, 0.1) is 11.8 Å². The molecular formula is C18H30N2O2S. The Kier molecular flexibility index (Phi) is 5.55. The summed E-state index contributed by atoms with van der Waals surface area (Å²) in [5.41, 5.74) is 0. The van der Waals surface area contributed by atoms with Crippen LogP contribution in [0.2, 0.25) is 0 Å². The molecule has 0 radical (unpaired) electrons. The lowest BCUT2D eigenvalue weighted by Gasteiger charge is -2.31. The summed E-state index contributed by atoms with van der Waals surface area (Å²) in [5.74, 6) is 1.80. The minimum atomic E-state index is -0.251. The fourth-order valence-electron chi connectivity index (χ4n) is 3.73. The second kappa shape index (κ2) is 7.45. The Morgan fingerprint density at radius 2 is 1.83 bits per heavy atom. The third-order valence-electron chi connectivity index (χ3n) is 5.20. The Bertz CT molecular complexity index is 444. The first-order chi connectivity index (χ1) is 11.1. The van der Waals surface area contributed by atoms with Gasteiger partial charge in [0.25, 0.3) is 0 Å². The van der Waals surface area contributed by atoms with Crippen LogP contribution in [0.1, 0.15) is 65.2 Å². The van der Waals surface area contributed by atoms with Crippen molar-refractivity contribution in [3.8, 4) is 0 Å². The molecule has 3 rings (SSSR count). The highest BCUT2D eigenvalue weighted by Crippen LogP contribution is 2.39. The van der Waals surface area contributed by atoms with Gasteiger partial charge in [-0.2, -0.15) is 0 Å². The summed E-state index contributed by atoms with van der Waals surface area (Å²) < 4.78 is 0. The Labute approximate surface area is 144 Å². The highest BCUT2D eigenvalue weighted by Gasteiger charge is 2.46. The number of amides is 2. The highest BCUT2D eigenvalue weighted by atomic mass is 32.2. The van der Waals surface area contributed by atoms with Crippen molar-refractivity contribution < 1.29 is 9.59 Å². The number of hydrogen-bond donors (Lipinski definition) is 1. The molecule has 2 amide bonds. The highest BCUT2D eigenvalue weighted by molar-refractivity contribution is 8.00. The molecular weight excluding hydrogens is 308 g/mol. The van der Waals surface area contributed by atoms with Crippen molar-refractivity contribution in [3.05, 3.63) is 0 Å². The van der Waals surface area contributed by atoms with E-state index in [2.05, 4.69) is 19.2 Å². The minimum Gasteiger partial charge on any atom is -0.352 e. The van der Waals surface area contributed by atoms with Crippen molar-refractivity contribution in [2.24, 2.45) is 11.8 Å². The fourth-order valence-corrected chi connectivity index (χ4v) is 5.38. The average Bonchev–Trinajstić information content (AvgIpc) is 3.28. The molecule has 2 aliphatic carbocycles. The Balaban J connectivity index is 1.65. The third-order valence-corrected chi connectivity index (χ3v) is 6.51. The van der Waals surface area contributed by atoms with Crippen LogP contribution in [0.25, 0.3) is 0 Å². The summed E-state index contributed by atoms with van der Waals surface area (Å²) in [5, 5.41) is 3.42. The molecule has 23 heavy (non-hydrogen) atoms. The van der Waals surface area contributed by atoms with Gasteiger partial charge in [-0.25, -0.2) is 0 Å². The van der Waals surface area contributed by atoms with Crippen LogP contribution in [0.4, 0.5) is 0 Å². The predicted molar refractivity (Wildman–Crippen MR) is 94.1 cm³/mol. The topological polar surface area (TPSA) is 49.4 Å². The first-order valence-corrected chi connectivity index (χ1v) is 10.3. The minimum absolute atomic E-state index is 0.0876. The summed E-state index contributed by atoms with van der Waals surface area (Å²) in [4.78, 5) is 27.5. The molecule has 3 fully saturated rings. The van der Waals surface area contributed by atoms with E-state index in [-0.39, 0.29) is 29.1 Å². The molecule has 2 atom stereocenters. The molecule has 130 valence electrons. The number of hydrogen-bond acceptors (Lipinski definition) is 3. The second-order valence-electron chi connectivity index (χ2n) is 7.80. The van der Waals surface area contributed by atoms with Crippen LogP contribution in [0.5, 0.6) is 0 Å². The quantitative estimate of drug-likeness (QED) is 0.838. The molecule has 0 aromatic carbocycles. The molecule has 2 saturated carbocycles. The summed E-state index contributed by atoms with van der Waals surface area (Å²) in [7, 11) is 0. The van der Waals surface area contributed by atoms with Gasteiger partial charge in [0, 0.05) is 17.7 Å². The predicted octanol–water partition coefficient (Wildman–Crippen LogP) is 3.16. The normalized spacial score (nSPS) is 29.1. The lowest BCUT2D eigenvalue weighted by Crippen LogP contribution is -2.52. The summed E-state index contributed by atoms with van der Waals surface area (Å²) in [6, 6.07) is 0.0713. The molecule has 0 spiro atoms. The first-order valence-electron chi connectivity index (χ1n) is 9.30. The van der Waals surface area contributed by atoms with Crippen LogP contribution >= 0.6 is 11.8 Å². The molecule has 4 nitrogen and oxygen atoms in total. The maximum absolute atomic E-state index is 12.8. The maximum Gasteiger partial charge on any atom is 0.243 e. The zero-order chi connectivity index (χ0) is 16.4. The lowest BCUT2D eigenvalue weighted by molar-refractivity contribution is -0.141. The van der Waals surface area contributed by atoms with Crippen molar-refractivity contribution >= 4 is 23.6 Å². The van der Waals surface area contributed by atoms with E-state index < -0.39 is 0 Å². The van der Waals surface area contributed by atoms with Gasteiger partial charge in [-0.1, -0.05) is 33.1 Å². The first kappa shape index (κ1) is 17.1. The SMILES string of the molecule is CC(C)CC1SCC(C(=O)NC2CCCCC2)N1C(=O)C1CC1. The Morgan fingerprint density at radius 3 is 2.43 bits per heavy atom. The van der Waals surface area contributed by atoms with Crippen molar-refractivity contribution in [1.82, 2.24) is 10.2 Å². The van der Waals surface area contributed by atoms with Gasteiger partial charge in [-0.05, 0) is 38.0 Å². The molecule has 5 heteroatoms. The smallest absolute Gasteiger partial charge is 0.243 e. The number of nitrogens with one attached hydrogen (secondary N) is 1. The van der Waals surface area contributed by atoms with E-state index in [0.717, 1.165) is 37.9 Å².